The van der Waals surface area contributed by atoms with Crippen LogP contribution in [0.3, 0.4) is 0 Å². The number of anilines is 2. The molecule has 0 aliphatic carbocycles. The molecule has 0 saturated carbocycles. The SMILES string of the molecule is CC(C)Nc1cc(CN2C(=O)N(c3ccc(C(C)(C)C)cn3)C(=O)C2(C)C)ccn1. The first-order valence-corrected chi connectivity index (χ1v) is 10.3. The molecule has 2 aromatic heterocycles. The number of carbonyl (C=O) groups excluding carboxylic acids is 2. The van der Waals surface area contributed by atoms with Crippen molar-refractivity contribution in [1.29, 1.82) is 0 Å². The molecule has 1 fully saturated rings. The summed E-state index contributed by atoms with van der Waals surface area (Å²) >= 11 is 0. The number of carbonyl (C=O) groups is 2. The van der Waals surface area contributed by atoms with E-state index in [9.17, 15) is 9.59 Å². The molecule has 3 rings (SSSR count). The smallest absolute Gasteiger partial charge is 0.333 e. The van der Waals surface area contributed by atoms with Crippen LogP contribution in [0.4, 0.5) is 16.4 Å². The van der Waals surface area contributed by atoms with Gasteiger partial charge in [0.15, 0.2) is 0 Å². The molecule has 0 spiro atoms. The minimum absolute atomic E-state index is 0.0566. The van der Waals surface area contributed by atoms with Gasteiger partial charge in [-0.2, -0.15) is 0 Å². The number of hydrogen-bond donors (Lipinski definition) is 1. The summed E-state index contributed by atoms with van der Waals surface area (Å²) in [4.78, 5) is 37.9. The van der Waals surface area contributed by atoms with Crippen LogP contribution in [0, 0.1) is 0 Å². The molecular formula is C23H31N5O2. The standard InChI is InChI=1S/C23H31N5O2/c1-15(2)26-18-12-16(10-11-24-18)14-27-21(30)28(20(29)23(27,6)7)19-9-8-17(13-25-19)22(3,4)5/h8-13,15H,14H2,1-7H3,(H,24,26). The summed E-state index contributed by atoms with van der Waals surface area (Å²) < 4.78 is 0. The minimum Gasteiger partial charge on any atom is -0.368 e. The summed E-state index contributed by atoms with van der Waals surface area (Å²) in [7, 11) is 0. The van der Waals surface area contributed by atoms with Gasteiger partial charge in [0.05, 0.1) is 0 Å². The minimum atomic E-state index is -0.976. The summed E-state index contributed by atoms with van der Waals surface area (Å²) in [6.45, 7) is 14.2. The molecule has 0 aromatic carbocycles. The van der Waals surface area contributed by atoms with Crippen molar-refractivity contribution in [3.8, 4) is 0 Å². The lowest BCUT2D eigenvalue weighted by Gasteiger charge is -2.27. The van der Waals surface area contributed by atoms with Crippen LogP contribution in [0.15, 0.2) is 36.7 Å². The highest BCUT2D eigenvalue weighted by Gasteiger charge is 2.52. The molecule has 0 unspecified atom stereocenters. The Hall–Kier alpha value is -2.96. The van der Waals surface area contributed by atoms with Crippen molar-refractivity contribution >= 4 is 23.6 Å². The molecule has 1 saturated heterocycles. The normalized spacial score (nSPS) is 16.5. The van der Waals surface area contributed by atoms with E-state index < -0.39 is 5.54 Å². The van der Waals surface area contributed by atoms with Crippen molar-refractivity contribution in [3.05, 3.63) is 47.8 Å². The van der Waals surface area contributed by atoms with E-state index in [-0.39, 0.29) is 23.4 Å². The second kappa shape index (κ2) is 7.70. The van der Waals surface area contributed by atoms with Crippen LogP contribution in [-0.2, 0) is 16.8 Å². The van der Waals surface area contributed by atoms with Crippen molar-refractivity contribution in [1.82, 2.24) is 14.9 Å². The molecule has 7 nitrogen and oxygen atoms in total. The summed E-state index contributed by atoms with van der Waals surface area (Å²) in [5, 5.41) is 3.26. The Bertz CT molecular complexity index is 945. The van der Waals surface area contributed by atoms with Crippen molar-refractivity contribution in [2.24, 2.45) is 0 Å². The lowest BCUT2D eigenvalue weighted by Crippen LogP contribution is -2.43. The fraction of sp³-hybridized carbons (Fsp3) is 0.478. The van der Waals surface area contributed by atoms with Crippen LogP contribution < -0.4 is 10.2 Å². The van der Waals surface area contributed by atoms with Gasteiger partial charge >= 0.3 is 6.03 Å². The Morgan fingerprint density at radius 2 is 1.80 bits per heavy atom. The van der Waals surface area contributed by atoms with E-state index in [0.29, 0.717) is 12.4 Å². The maximum atomic E-state index is 13.2. The molecule has 30 heavy (non-hydrogen) atoms. The Labute approximate surface area is 178 Å². The second-order valence-corrected chi connectivity index (χ2v) is 9.57. The van der Waals surface area contributed by atoms with Gasteiger partial charge in [0.25, 0.3) is 5.91 Å². The predicted molar refractivity (Wildman–Crippen MR) is 118 cm³/mol. The molecular weight excluding hydrogens is 378 g/mol. The Kier molecular flexibility index (Phi) is 5.58. The highest BCUT2D eigenvalue weighted by atomic mass is 16.2. The summed E-state index contributed by atoms with van der Waals surface area (Å²) in [6.07, 6.45) is 3.44. The van der Waals surface area contributed by atoms with Crippen LogP contribution >= 0.6 is 0 Å². The highest BCUT2D eigenvalue weighted by molar-refractivity contribution is 6.22. The van der Waals surface area contributed by atoms with Crippen LogP contribution in [0.1, 0.15) is 59.6 Å². The lowest BCUT2D eigenvalue weighted by atomic mass is 9.88. The molecule has 160 valence electrons. The zero-order valence-electron chi connectivity index (χ0n) is 18.9. The zero-order valence-corrected chi connectivity index (χ0v) is 18.9. The van der Waals surface area contributed by atoms with Gasteiger partial charge in [-0.25, -0.2) is 19.7 Å². The lowest BCUT2D eigenvalue weighted by molar-refractivity contribution is -0.123. The average molecular weight is 410 g/mol. The second-order valence-electron chi connectivity index (χ2n) is 9.57. The monoisotopic (exact) mass is 409 g/mol. The molecule has 3 amide bonds. The predicted octanol–water partition coefficient (Wildman–Crippen LogP) is 4.34. The molecule has 0 bridgehead atoms. The maximum absolute atomic E-state index is 13.2. The number of nitrogens with zero attached hydrogens (tertiary/aromatic N) is 4. The molecule has 0 radical (unpaired) electrons. The number of rotatable bonds is 5. The van der Waals surface area contributed by atoms with Crippen molar-refractivity contribution < 1.29 is 9.59 Å². The largest absolute Gasteiger partial charge is 0.368 e. The fourth-order valence-corrected chi connectivity index (χ4v) is 3.39. The number of imide groups is 1. The maximum Gasteiger partial charge on any atom is 0.333 e. The van der Waals surface area contributed by atoms with Crippen molar-refractivity contribution in [3.63, 3.8) is 0 Å². The summed E-state index contributed by atoms with van der Waals surface area (Å²) in [5.74, 6) is 0.818. The Morgan fingerprint density at radius 1 is 1.10 bits per heavy atom. The van der Waals surface area contributed by atoms with Gasteiger partial charge in [-0.3, -0.25) is 4.79 Å². The molecule has 1 N–H and O–H groups in total. The van der Waals surface area contributed by atoms with E-state index in [1.54, 1.807) is 37.2 Å². The molecule has 1 aliphatic heterocycles. The zero-order chi connectivity index (χ0) is 22.3. The fourth-order valence-electron chi connectivity index (χ4n) is 3.39. The average Bonchev–Trinajstić information content (AvgIpc) is 2.81. The first-order valence-electron chi connectivity index (χ1n) is 10.3. The third-order valence-corrected chi connectivity index (χ3v) is 5.27. The quantitative estimate of drug-likeness (QED) is 0.743. The number of amides is 3. The van der Waals surface area contributed by atoms with Gasteiger partial charge in [0, 0.05) is 25.0 Å². The number of aromatic nitrogens is 2. The van der Waals surface area contributed by atoms with Gasteiger partial charge < -0.3 is 10.2 Å². The summed E-state index contributed by atoms with van der Waals surface area (Å²) in [5.41, 5.74) is 0.915. The highest BCUT2D eigenvalue weighted by Crippen LogP contribution is 2.33. The van der Waals surface area contributed by atoms with E-state index in [4.69, 9.17) is 0 Å². The van der Waals surface area contributed by atoms with E-state index in [2.05, 4.69) is 36.1 Å². The van der Waals surface area contributed by atoms with Crippen LogP contribution in [0.2, 0.25) is 0 Å². The first-order chi connectivity index (χ1) is 13.9. The number of nitrogens with one attached hydrogen (secondary N) is 1. The third kappa shape index (κ3) is 4.15. The number of urea groups is 1. The molecule has 3 heterocycles. The van der Waals surface area contributed by atoms with Gasteiger partial charge in [0.1, 0.15) is 17.2 Å². The van der Waals surface area contributed by atoms with E-state index in [1.165, 1.54) is 4.90 Å². The molecule has 2 aromatic rings. The van der Waals surface area contributed by atoms with Crippen molar-refractivity contribution in [2.75, 3.05) is 10.2 Å². The van der Waals surface area contributed by atoms with Gasteiger partial charge in [-0.05, 0) is 62.4 Å². The van der Waals surface area contributed by atoms with Crippen LogP contribution in [-0.4, -0.2) is 38.4 Å². The molecule has 1 aliphatic rings. The third-order valence-electron chi connectivity index (χ3n) is 5.27. The first kappa shape index (κ1) is 21.7. The van der Waals surface area contributed by atoms with Crippen molar-refractivity contribution in [2.45, 2.75) is 72.0 Å². The molecule has 7 heteroatoms. The van der Waals surface area contributed by atoms with Crippen LogP contribution in [0.5, 0.6) is 0 Å². The van der Waals surface area contributed by atoms with Crippen LogP contribution in [0.25, 0.3) is 0 Å². The van der Waals surface area contributed by atoms with E-state index in [1.807, 2.05) is 32.0 Å². The molecule has 0 atom stereocenters. The van der Waals surface area contributed by atoms with E-state index in [0.717, 1.165) is 16.9 Å². The topological polar surface area (TPSA) is 78.4 Å². The van der Waals surface area contributed by atoms with Gasteiger partial charge in [0.2, 0.25) is 0 Å². The van der Waals surface area contributed by atoms with E-state index >= 15 is 0 Å². The number of pyridine rings is 2. The van der Waals surface area contributed by atoms with Gasteiger partial charge in [-0.15, -0.1) is 0 Å². The Morgan fingerprint density at radius 3 is 2.37 bits per heavy atom. The Balaban J connectivity index is 1.87. The number of hydrogen-bond acceptors (Lipinski definition) is 5. The summed E-state index contributed by atoms with van der Waals surface area (Å²) in [6, 6.07) is 7.32. The van der Waals surface area contributed by atoms with Gasteiger partial charge in [-0.1, -0.05) is 26.8 Å².